The molecule has 2 fully saturated rings. The Bertz CT molecular complexity index is 655. The van der Waals surface area contributed by atoms with Gasteiger partial charge in [0.25, 0.3) is 0 Å². The van der Waals surface area contributed by atoms with Crippen LogP contribution in [0.25, 0.3) is 0 Å². The molecule has 142 valence electrons. The molecule has 2 aliphatic rings. The highest BCUT2D eigenvalue weighted by Crippen LogP contribution is 2.37. The van der Waals surface area contributed by atoms with Crippen molar-refractivity contribution in [2.24, 2.45) is 5.41 Å². The summed E-state index contributed by atoms with van der Waals surface area (Å²) in [6.07, 6.45) is 3.51. The number of nitrogens with one attached hydrogen (secondary N) is 2. The van der Waals surface area contributed by atoms with Crippen molar-refractivity contribution in [3.05, 3.63) is 41.6 Å². The highest BCUT2D eigenvalue weighted by Gasteiger charge is 2.39. The van der Waals surface area contributed by atoms with Crippen molar-refractivity contribution in [3.8, 4) is 0 Å². The number of carbonyl (C=O) groups is 1. The molecule has 1 aromatic rings. The number of hydrogen-bond donors (Lipinski definition) is 2. The third kappa shape index (κ3) is 3.75. The van der Waals surface area contributed by atoms with E-state index < -0.39 is 17.6 Å². The number of benzene rings is 1. The second kappa shape index (κ2) is 7.74. The summed E-state index contributed by atoms with van der Waals surface area (Å²) in [6.45, 7) is 7.49. The van der Waals surface area contributed by atoms with Gasteiger partial charge in [-0.25, -0.2) is 8.78 Å². The quantitative estimate of drug-likeness (QED) is 0.731. The summed E-state index contributed by atoms with van der Waals surface area (Å²) in [5, 5.41) is 6.20. The van der Waals surface area contributed by atoms with Gasteiger partial charge in [-0.05, 0) is 43.2 Å². The van der Waals surface area contributed by atoms with E-state index in [-0.39, 0.29) is 5.56 Å². The molecule has 4 nitrogen and oxygen atoms in total. The Hall–Kier alpha value is -1.95. The van der Waals surface area contributed by atoms with Crippen molar-refractivity contribution < 1.29 is 13.6 Å². The minimum Gasteiger partial charge on any atom is -0.392 e. The molecule has 6 heteroatoms. The topological polar surface area (TPSA) is 44.4 Å². The van der Waals surface area contributed by atoms with Crippen LogP contribution >= 0.6 is 0 Å². The lowest BCUT2D eigenvalue weighted by Gasteiger charge is -2.49. The van der Waals surface area contributed by atoms with Gasteiger partial charge in [0.1, 0.15) is 17.9 Å². The largest absolute Gasteiger partial charge is 0.392 e. The Morgan fingerprint density at radius 3 is 2.42 bits per heavy atom. The van der Waals surface area contributed by atoms with E-state index >= 15 is 0 Å². The summed E-state index contributed by atoms with van der Waals surface area (Å²) in [7, 11) is 1.73. The summed E-state index contributed by atoms with van der Waals surface area (Å²) in [5.74, 6) is -2.09. The third-order valence-electron chi connectivity index (χ3n) is 5.90. The Labute approximate surface area is 153 Å². The van der Waals surface area contributed by atoms with Crippen LogP contribution in [0, 0.1) is 17.0 Å². The first-order valence-electron chi connectivity index (χ1n) is 9.23. The van der Waals surface area contributed by atoms with E-state index in [9.17, 15) is 13.6 Å². The van der Waals surface area contributed by atoms with Gasteiger partial charge in [-0.2, -0.15) is 0 Å². The fraction of sp³-hybridized carbons (Fsp3) is 0.550. The number of hydrogen-bond acceptors (Lipinski definition) is 4. The highest BCUT2D eigenvalue weighted by molar-refractivity contribution is 5.64. The summed E-state index contributed by atoms with van der Waals surface area (Å²) in [5.41, 5.74) is 1.55. The van der Waals surface area contributed by atoms with Gasteiger partial charge >= 0.3 is 0 Å². The second-order valence-electron chi connectivity index (χ2n) is 7.55. The van der Waals surface area contributed by atoms with E-state index in [1.54, 1.807) is 7.05 Å². The van der Waals surface area contributed by atoms with Crippen LogP contribution in [0.3, 0.4) is 0 Å². The number of rotatable bonds is 7. The molecule has 2 aliphatic heterocycles. The molecule has 1 atom stereocenters. The molecule has 0 amide bonds. The minimum atomic E-state index is -0.806. The number of aldehydes is 1. The predicted molar refractivity (Wildman–Crippen MR) is 99.3 cm³/mol. The maximum absolute atomic E-state index is 14.7. The highest BCUT2D eigenvalue weighted by atomic mass is 19.1. The van der Waals surface area contributed by atoms with Crippen LogP contribution in [0.15, 0.2) is 24.4 Å². The molecule has 0 aliphatic carbocycles. The first-order chi connectivity index (χ1) is 12.5. The van der Waals surface area contributed by atoms with Gasteiger partial charge in [0.05, 0.1) is 0 Å². The molecule has 0 bridgehead atoms. The Balaban J connectivity index is 1.73. The average Bonchev–Trinajstić information content (AvgIpc) is 2.62. The Morgan fingerprint density at radius 1 is 1.35 bits per heavy atom. The number of allylic oxidation sites excluding steroid dienone is 1. The zero-order valence-corrected chi connectivity index (χ0v) is 15.3. The summed E-state index contributed by atoms with van der Waals surface area (Å²) in [6, 6.07) is 2.75. The third-order valence-corrected chi connectivity index (χ3v) is 5.90. The first-order valence-corrected chi connectivity index (χ1v) is 9.23. The zero-order valence-electron chi connectivity index (χ0n) is 15.3. The second-order valence-corrected chi connectivity index (χ2v) is 7.55. The number of nitrogens with zero attached hydrogens (tertiary/aromatic N) is 1. The molecule has 1 spiro atoms. The lowest BCUT2D eigenvalue weighted by atomic mass is 9.73. The van der Waals surface area contributed by atoms with Gasteiger partial charge in [-0.15, -0.1) is 0 Å². The maximum atomic E-state index is 14.7. The van der Waals surface area contributed by atoms with E-state index in [2.05, 4.69) is 17.2 Å². The van der Waals surface area contributed by atoms with Gasteiger partial charge in [-0.1, -0.05) is 6.58 Å². The van der Waals surface area contributed by atoms with Crippen LogP contribution in [-0.4, -0.2) is 39.5 Å². The van der Waals surface area contributed by atoms with Crippen molar-refractivity contribution in [1.29, 1.82) is 0 Å². The van der Waals surface area contributed by atoms with Crippen molar-refractivity contribution in [2.45, 2.75) is 31.6 Å². The lowest BCUT2D eigenvalue weighted by Crippen LogP contribution is -2.58. The molecule has 3 rings (SSSR count). The molecule has 0 aromatic heterocycles. The monoisotopic (exact) mass is 363 g/mol. The van der Waals surface area contributed by atoms with E-state index in [1.165, 1.54) is 12.1 Å². The van der Waals surface area contributed by atoms with Gasteiger partial charge in [-0.3, -0.25) is 0 Å². The van der Waals surface area contributed by atoms with Crippen molar-refractivity contribution in [3.63, 3.8) is 0 Å². The molecular formula is C20H27F2N3O. The molecule has 2 saturated heterocycles. The van der Waals surface area contributed by atoms with Crippen LogP contribution in [0.2, 0.25) is 0 Å². The average molecular weight is 363 g/mol. The molecule has 2 heterocycles. The standard InChI is InChI=1S/C20H27F2N3O/c1-14(23-2)3-4-15(11-26)19-17(21)9-16(10-18(19)22)25-7-5-20(6-8-25)12-24-13-20/h9-11,15,23-24H,1,3-8,12-13H2,2H3. The maximum Gasteiger partial charge on any atom is 0.132 e. The normalized spacial score (nSPS) is 19.7. The van der Waals surface area contributed by atoms with Crippen LogP contribution in [0.4, 0.5) is 14.5 Å². The summed E-state index contributed by atoms with van der Waals surface area (Å²) >= 11 is 0. The SMILES string of the molecule is C=C(CCC(C=O)c1c(F)cc(N2CCC3(CC2)CNC3)cc1F)NC. The number of halogens is 2. The summed E-state index contributed by atoms with van der Waals surface area (Å²) < 4.78 is 29.3. The molecule has 1 unspecified atom stereocenters. The zero-order chi connectivity index (χ0) is 18.7. The molecule has 2 N–H and O–H groups in total. The number of anilines is 1. The fourth-order valence-electron chi connectivity index (χ4n) is 3.91. The van der Waals surface area contributed by atoms with E-state index in [1.807, 2.05) is 4.90 Å². The molecule has 1 aromatic carbocycles. The van der Waals surface area contributed by atoms with Crippen LogP contribution in [0.5, 0.6) is 0 Å². The van der Waals surface area contributed by atoms with Crippen molar-refractivity contribution >= 4 is 12.0 Å². The van der Waals surface area contributed by atoms with Gasteiger partial charge in [0.15, 0.2) is 0 Å². The minimum absolute atomic E-state index is 0.135. The number of carbonyl (C=O) groups excluding carboxylic acids is 1. The Morgan fingerprint density at radius 2 is 1.96 bits per heavy atom. The lowest BCUT2D eigenvalue weighted by molar-refractivity contribution is -0.109. The number of piperidine rings is 1. The van der Waals surface area contributed by atoms with Gasteiger partial charge in [0.2, 0.25) is 0 Å². The molecule has 0 saturated carbocycles. The van der Waals surface area contributed by atoms with E-state index in [4.69, 9.17) is 0 Å². The fourth-order valence-corrected chi connectivity index (χ4v) is 3.91. The van der Waals surface area contributed by atoms with E-state index in [0.29, 0.717) is 30.2 Å². The molecule has 0 radical (unpaired) electrons. The molecular weight excluding hydrogens is 336 g/mol. The Kier molecular flexibility index (Phi) is 5.61. The predicted octanol–water partition coefficient (Wildman–Crippen LogP) is 2.95. The van der Waals surface area contributed by atoms with E-state index in [0.717, 1.165) is 44.7 Å². The van der Waals surface area contributed by atoms with Crippen LogP contribution in [0.1, 0.15) is 37.2 Å². The smallest absolute Gasteiger partial charge is 0.132 e. The van der Waals surface area contributed by atoms with Crippen molar-refractivity contribution in [1.82, 2.24) is 10.6 Å². The van der Waals surface area contributed by atoms with Crippen molar-refractivity contribution in [2.75, 3.05) is 38.1 Å². The van der Waals surface area contributed by atoms with Gasteiger partial charge in [0, 0.05) is 56.1 Å². The summed E-state index contributed by atoms with van der Waals surface area (Å²) in [4.78, 5) is 13.4. The molecule has 26 heavy (non-hydrogen) atoms. The van der Waals surface area contributed by atoms with Crippen LogP contribution in [-0.2, 0) is 4.79 Å². The van der Waals surface area contributed by atoms with Gasteiger partial charge < -0.3 is 20.3 Å². The van der Waals surface area contributed by atoms with Crippen LogP contribution < -0.4 is 15.5 Å². The first kappa shape index (κ1) is 18.8.